The van der Waals surface area contributed by atoms with Gasteiger partial charge in [0.2, 0.25) is 0 Å². The molecule has 0 radical (unpaired) electrons. The van der Waals surface area contributed by atoms with E-state index in [1.165, 1.54) is 17.3 Å². The number of hydrogen-bond acceptors (Lipinski definition) is 3. The van der Waals surface area contributed by atoms with Crippen LogP contribution in [0, 0.1) is 0 Å². The van der Waals surface area contributed by atoms with Gasteiger partial charge in [-0.25, -0.2) is 0 Å². The van der Waals surface area contributed by atoms with Crippen molar-refractivity contribution in [2.45, 2.75) is 51.7 Å². The van der Waals surface area contributed by atoms with Gasteiger partial charge >= 0.3 is 0 Å². The lowest BCUT2D eigenvalue weighted by Crippen LogP contribution is -2.29. The van der Waals surface area contributed by atoms with E-state index >= 15 is 0 Å². The lowest BCUT2D eigenvalue weighted by atomic mass is 10.2. The molecule has 0 amide bonds. The van der Waals surface area contributed by atoms with Crippen molar-refractivity contribution >= 4 is 14.0 Å². The Morgan fingerprint density at radius 2 is 2.35 bits per heavy atom. The average molecular weight is 291 g/mol. The molecule has 1 unspecified atom stereocenters. The van der Waals surface area contributed by atoms with Gasteiger partial charge in [0.15, 0.2) is 6.29 Å². The number of rotatable bonds is 6. The van der Waals surface area contributed by atoms with Crippen LogP contribution in [0.25, 0.3) is 0 Å². The summed E-state index contributed by atoms with van der Waals surface area (Å²) in [6, 6.07) is 2.27. The summed E-state index contributed by atoms with van der Waals surface area (Å²) in [7, 11) is -0.884. The fourth-order valence-corrected chi connectivity index (χ4v) is 3.88. The van der Waals surface area contributed by atoms with E-state index in [0.717, 1.165) is 31.4 Å². The van der Waals surface area contributed by atoms with E-state index in [9.17, 15) is 0 Å². The molecule has 1 aromatic rings. The number of allylic oxidation sites excluding steroid dienone is 1. The second kappa shape index (κ2) is 7.72. The number of nitrogens with zero attached hydrogens (tertiary/aromatic N) is 1. The molecule has 1 saturated heterocycles. The highest BCUT2D eigenvalue weighted by Crippen LogP contribution is 2.15. The topological polar surface area (TPSA) is 31.4 Å². The Morgan fingerprint density at radius 1 is 1.50 bits per heavy atom. The maximum atomic E-state index is 5.84. The summed E-state index contributed by atoms with van der Waals surface area (Å²) < 4.78 is 11.4. The summed E-state index contributed by atoms with van der Waals surface area (Å²) in [6.07, 6.45) is 8.04. The molecule has 3 nitrogen and oxygen atoms in total. The molecule has 4 heteroatoms. The molecule has 0 spiro atoms. The second-order valence-electron chi connectivity index (χ2n) is 5.63. The van der Waals surface area contributed by atoms with Gasteiger partial charge in [-0.15, -0.1) is 6.58 Å². The number of ether oxygens (including phenoxy) is 2. The highest BCUT2D eigenvalue weighted by Gasteiger charge is 2.15. The Labute approximate surface area is 123 Å². The third-order valence-electron chi connectivity index (χ3n) is 3.59. The highest BCUT2D eigenvalue weighted by molar-refractivity contribution is 6.71. The van der Waals surface area contributed by atoms with Gasteiger partial charge < -0.3 is 9.47 Å². The summed E-state index contributed by atoms with van der Waals surface area (Å²) in [4.78, 5) is 4.60. The van der Waals surface area contributed by atoms with E-state index in [1.807, 2.05) is 12.3 Å². The normalized spacial score (nSPS) is 19.2. The molecule has 1 aromatic heterocycles. The lowest BCUT2D eigenvalue weighted by Gasteiger charge is -2.23. The van der Waals surface area contributed by atoms with E-state index in [2.05, 4.69) is 30.7 Å². The maximum absolute atomic E-state index is 5.84. The molecular weight excluding hydrogens is 266 g/mol. The summed E-state index contributed by atoms with van der Waals surface area (Å²) in [6.45, 7) is 9.90. The quantitative estimate of drug-likeness (QED) is 0.596. The third kappa shape index (κ3) is 4.26. The predicted molar refractivity (Wildman–Crippen MR) is 85.0 cm³/mol. The number of aromatic nitrogens is 1. The van der Waals surface area contributed by atoms with Crippen molar-refractivity contribution in [3.05, 3.63) is 36.2 Å². The van der Waals surface area contributed by atoms with Gasteiger partial charge in [0.25, 0.3) is 0 Å². The van der Waals surface area contributed by atoms with Crippen LogP contribution in [-0.2, 0) is 22.5 Å². The minimum Gasteiger partial charge on any atom is -0.353 e. The van der Waals surface area contributed by atoms with Crippen molar-refractivity contribution in [1.82, 2.24) is 4.98 Å². The van der Waals surface area contributed by atoms with E-state index in [0.29, 0.717) is 6.61 Å². The van der Waals surface area contributed by atoms with Crippen molar-refractivity contribution in [2.24, 2.45) is 0 Å². The van der Waals surface area contributed by atoms with E-state index < -0.39 is 8.80 Å². The Morgan fingerprint density at radius 3 is 3.00 bits per heavy atom. The number of hydrogen-bond donors (Lipinski definition) is 0. The zero-order valence-electron chi connectivity index (χ0n) is 12.6. The van der Waals surface area contributed by atoms with Crippen LogP contribution < -0.4 is 5.19 Å². The molecule has 20 heavy (non-hydrogen) atoms. The fourth-order valence-electron chi connectivity index (χ4n) is 2.47. The molecule has 0 saturated carbocycles. The Kier molecular flexibility index (Phi) is 5.95. The molecule has 0 bridgehead atoms. The van der Waals surface area contributed by atoms with Crippen LogP contribution in [0.5, 0.6) is 0 Å². The van der Waals surface area contributed by atoms with Crippen LogP contribution >= 0.6 is 0 Å². The molecule has 1 aliphatic heterocycles. The second-order valence-corrected chi connectivity index (χ2v) is 8.57. The Bertz CT molecular complexity index is 442. The van der Waals surface area contributed by atoms with Crippen LogP contribution in [0.2, 0.25) is 13.1 Å². The van der Waals surface area contributed by atoms with Crippen molar-refractivity contribution in [3.8, 4) is 0 Å². The highest BCUT2D eigenvalue weighted by atomic mass is 28.3. The summed E-state index contributed by atoms with van der Waals surface area (Å²) in [5.74, 6) is 0. The Balaban J connectivity index is 2.00. The largest absolute Gasteiger partial charge is 0.353 e. The first kappa shape index (κ1) is 15.4. The van der Waals surface area contributed by atoms with Crippen LogP contribution in [0.15, 0.2) is 24.9 Å². The van der Waals surface area contributed by atoms with Crippen molar-refractivity contribution in [3.63, 3.8) is 0 Å². The molecule has 1 atom stereocenters. The monoisotopic (exact) mass is 291 g/mol. The van der Waals surface area contributed by atoms with Crippen molar-refractivity contribution < 1.29 is 9.47 Å². The molecule has 110 valence electrons. The SMILES string of the molecule is C=CCc1ncc(COC2CCCCO2)cc1[SiH](C)C. The summed E-state index contributed by atoms with van der Waals surface area (Å²) in [5, 5.41) is 1.43. The smallest absolute Gasteiger partial charge is 0.158 e. The van der Waals surface area contributed by atoms with E-state index in [1.54, 1.807) is 0 Å². The van der Waals surface area contributed by atoms with Gasteiger partial charge in [-0.1, -0.05) is 25.2 Å². The summed E-state index contributed by atoms with van der Waals surface area (Å²) >= 11 is 0. The maximum Gasteiger partial charge on any atom is 0.158 e. The van der Waals surface area contributed by atoms with Gasteiger partial charge in [0.1, 0.15) is 0 Å². The minimum atomic E-state index is -0.884. The molecule has 0 aliphatic carbocycles. The van der Waals surface area contributed by atoms with Crippen LogP contribution in [0.1, 0.15) is 30.5 Å². The van der Waals surface area contributed by atoms with Gasteiger partial charge in [-0.3, -0.25) is 4.98 Å². The molecule has 0 aromatic carbocycles. The molecular formula is C16H25NO2Si. The fraction of sp³-hybridized carbons (Fsp3) is 0.562. The van der Waals surface area contributed by atoms with Gasteiger partial charge in [-0.2, -0.15) is 0 Å². The lowest BCUT2D eigenvalue weighted by molar-refractivity contribution is -0.168. The van der Waals surface area contributed by atoms with Crippen molar-refractivity contribution in [1.29, 1.82) is 0 Å². The van der Waals surface area contributed by atoms with Crippen LogP contribution in [0.3, 0.4) is 0 Å². The Hall–Kier alpha value is -0.973. The van der Waals surface area contributed by atoms with Crippen LogP contribution in [0.4, 0.5) is 0 Å². The molecule has 2 rings (SSSR count). The van der Waals surface area contributed by atoms with Gasteiger partial charge in [0, 0.05) is 24.9 Å². The predicted octanol–water partition coefficient (Wildman–Crippen LogP) is 2.55. The first-order chi connectivity index (χ1) is 9.70. The average Bonchev–Trinajstić information content (AvgIpc) is 2.47. The zero-order chi connectivity index (χ0) is 14.4. The van der Waals surface area contributed by atoms with Crippen molar-refractivity contribution in [2.75, 3.05) is 6.61 Å². The first-order valence-corrected chi connectivity index (χ1v) is 10.4. The van der Waals surface area contributed by atoms with E-state index in [-0.39, 0.29) is 6.29 Å². The van der Waals surface area contributed by atoms with Gasteiger partial charge in [0.05, 0.1) is 15.4 Å². The molecule has 2 heterocycles. The number of pyridine rings is 1. The van der Waals surface area contributed by atoms with Gasteiger partial charge in [-0.05, 0) is 30.0 Å². The minimum absolute atomic E-state index is 0.0312. The third-order valence-corrected chi connectivity index (χ3v) is 5.34. The van der Waals surface area contributed by atoms with E-state index in [4.69, 9.17) is 9.47 Å². The standard InChI is InChI=1S/C16H25NO2Si/c1-4-7-14-15(20(2)3)10-13(11-17-14)12-19-16-8-5-6-9-18-16/h4,10-11,16,20H,1,5-9,12H2,2-3H3. The van der Waals surface area contributed by atoms with Crippen LogP contribution in [-0.4, -0.2) is 26.7 Å². The zero-order valence-corrected chi connectivity index (χ0v) is 13.8. The summed E-state index contributed by atoms with van der Waals surface area (Å²) in [5.41, 5.74) is 2.34. The molecule has 0 N–H and O–H groups in total. The molecule has 1 fully saturated rings. The first-order valence-electron chi connectivity index (χ1n) is 7.52. The molecule has 1 aliphatic rings.